The Bertz CT molecular complexity index is 4530. The molecular formula is C80H82N8O8. The molecule has 0 unspecified atom stereocenters. The third-order valence-corrected chi connectivity index (χ3v) is 18.1. The molecule has 16 heteroatoms. The van der Waals surface area contributed by atoms with Crippen molar-refractivity contribution in [1.82, 2.24) is 39.9 Å². The molecule has 3 aromatic heterocycles. The van der Waals surface area contributed by atoms with E-state index in [1.54, 1.807) is 48.5 Å². The van der Waals surface area contributed by atoms with E-state index in [9.17, 15) is 20.4 Å². The van der Waals surface area contributed by atoms with Crippen molar-refractivity contribution in [1.29, 1.82) is 0 Å². The second-order valence-corrected chi connectivity index (χ2v) is 24.8. The number of hydrogen-bond acceptors (Lipinski definition) is 14. The van der Waals surface area contributed by atoms with Crippen molar-refractivity contribution < 1.29 is 39.4 Å². The molecule has 8 bridgehead atoms. The van der Waals surface area contributed by atoms with Crippen molar-refractivity contribution in [2.75, 3.05) is 26.4 Å². The van der Waals surface area contributed by atoms with Gasteiger partial charge in [-0.25, -0.2) is 29.9 Å². The number of phenolic OH excluding ortho intramolecular Hbond substituents is 4. The Morgan fingerprint density at radius 2 is 0.552 bits per heavy atom. The van der Waals surface area contributed by atoms with Crippen LogP contribution in [0.4, 0.5) is 0 Å². The molecule has 16 nitrogen and oxygen atoms in total. The number of rotatable bonds is 28. The van der Waals surface area contributed by atoms with Crippen molar-refractivity contribution in [2.24, 2.45) is 0 Å². The van der Waals surface area contributed by atoms with Gasteiger partial charge in [0, 0.05) is 66.1 Å². The fraction of sp³-hybridized carbons (Fsp3) is 0.300. The van der Waals surface area contributed by atoms with E-state index in [1.807, 2.05) is 97.1 Å². The summed E-state index contributed by atoms with van der Waals surface area (Å²) < 4.78 is 26.3. The zero-order valence-electron chi connectivity index (χ0n) is 55.1. The fourth-order valence-corrected chi connectivity index (χ4v) is 13.3. The number of H-pyrrole nitrogens is 2. The van der Waals surface area contributed by atoms with Gasteiger partial charge in [-0.1, -0.05) is 202 Å². The van der Waals surface area contributed by atoms with E-state index in [1.165, 1.54) is 0 Å². The zero-order valence-corrected chi connectivity index (χ0v) is 55.1. The molecule has 11 aromatic rings. The molecule has 0 amide bonds. The minimum atomic E-state index is 0.0161. The van der Waals surface area contributed by atoms with Crippen molar-refractivity contribution in [2.45, 2.75) is 130 Å². The number of aromatic nitrogens is 8. The molecule has 2 aliphatic heterocycles. The molecule has 0 saturated heterocycles. The second-order valence-electron chi connectivity index (χ2n) is 24.8. The van der Waals surface area contributed by atoms with Crippen LogP contribution in [0.2, 0.25) is 0 Å². The van der Waals surface area contributed by atoms with Crippen LogP contribution in [0.1, 0.15) is 130 Å². The third kappa shape index (κ3) is 13.0. The van der Waals surface area contributed by atoms with E-state index in [0.29, 0.717) is 172 Å². The average Bonchev–Trinajstić information content (AvgIpc) is 1.56. The highest BCUT2D eigenvalue weighted by Gasteiger charge is 2.31. The summed E-state index contributed by atoms with van der Waals surface area (Å²) in [5.41, 5.74) is 8.30. The topological polar surface area (TPSA) is 227 Å². The van der Waals surface area contributed by atoms with E-state index in [-0.39, 0.29) is 34.6 Å². The molecule has 0 radical (unpaired) electrons. The molecular weight excluding hydrogens is 1200 g/mol. The normalized spacial score (nSPS) is 11.7. The first-order valence-electron chi connectivity index (χ1n) is 34.3. The van der Waals surface area contributed by atoms with Crippen LogP contribution in [0.15, 0.2) is 146 Å². The lowest BCUT2D eigenvalue weighted by Gasteiger charge is -2.15. The smallest absolute Gasteiger partial charge is 0.165 e. The van der Waals surface area contributed by atoms with E-state index in [0.717, 1.165) is 103 Å². The Hall–Kier alpha value is -10.5. The molecule has 2 aliphatic rings. The van der Waals surface area contributed by atoms with Crippen LogP contribution in [0.5, 0.6) is 46.0 Å². The summed E-state index contributed by atoms with van der Waals surface area (Å²) in [6, 6.07) is 44.6. The predicted molar refractivity (Wildman–Crippen MR) is 383 cm³/mol. The summed E-state index contributed by atoms with van der Waals surface area (Å²) in [4.78, 5) is 40.4. The van der Waals surface area contributed by atoms with E-state index in [2.05, 4.69) is 37.7 Å². The number of nitrogens with one attached hydrogen (secondary N) is 2. The van der Waals surface area contributed by atoms with Gasteiger partial charge >= 0.3 is 0 Å². The Morgan fingerprint density at radius 3 is 0.885 bits per heavy atom. The van der Waals surface area contributed by atoms with Gasteiger partial charge in [0.1, 0.15) is 68.6 Å². The summed E-state index contributed by atoms with van der Waals surface area (Å²) in [7, 11) is 0. The number of nitrogens with zero attached hydrogens (tertiary/aromatic N) is 6. The molecule has 0 saturated carbocycles. The average molecular weight is 1280 g/mol. The molecule has 0 spiro atoms. The number of phenols is 4. The fourth-order valence-electron chi connectivity index (χ4n) is 13.3. The van der Waals surface area contributed by atoms with Gasteiger partial charge in [-0.05, 0) is 74.2 Å². The summed E-state index contributed by atoms with van der Waals surface area (Å²) >= 11 is 0. The van der Waals surface area contributed by atoms with E-state index < -0.39 is 0 Å². The number of unbranched alkanes of at least 4 members (excludes halogenated alkanes) is 12. The third-order valence-electron chi connectivity index (χ3n) is 18.1. The minimum Gasteiger partial charge on any atom is -0.507 e. The number of benzene rings is 8. The summed E-state index contributed by atoms with van der Waals surface area (Å²) in [6.45, 7) is 10.5. The summed E-state index contributed by atoms with van der Waals surface area (Å²) in [5, 5.41) is 50.9. The highest BCUT2D eigenvalue weighted by Crippen LogP contribution is 2.51. The zero-order chi connectivity index (χ0) is 66.1. The van der Waals surface area contributed by atoms with Crippen molar-refractivity contribution in [3.05, 3.63) is 146 Å². The van der Waals surface area contributed by atoms with Crippen LogP contribution in [0.3, 0.4) is 0 Å². The number of aromatic amines is 2. The molecule has 13 rings (SSSR count). The molecule has 0 atom stereocenters. The quantitative estimate of drug-likeness (QED) is 0.0251. The number of aromatic hydroxyl groups is 4. The highest BCUT2D eigenvalue weighted by molar-refractivity contribution is 6.15. The monoisotopic (exact) mass is 1280 g/mol. The lowest BCUT2D eigenvalue weighted by atomic mass is 9.94. The van der Waals surface area contributed by atoms with Gasteiger partial charge in [-0.15, -0.1) is 0 Å². The van der Waals surface area contributed by atoms with Crippen LogP contribution in [-0.4, -0.2) is 86.7 Å². The lowest BCUT2D eigenvalue weighted by Crippen LogP contribution is -2.00. The van der Waals surface area contributed by atoms with Gasteiger partial charge in [0.05, 0.1) is 48.7 Å². The first kappa shape index (κ1) is 64.2. The van der Waals surface area contributed by atoms with E-state index >= 15 is 0 Å². The molecule has 490 valence electrons. The van der Waals surface area contributed by atoms with E-state index in [4.69, 9.17) is 48.9 Å². The Kier molecular flexibility index (Phi) is 19.7. The molecule has 96 heavy (non-hydrogen) atoms. The minimum absolute atomic E-state index is 0.0161. The number of hydrogen-bond donors (Lipinski definition) is 6. The maximum absolute atomic E-state index is 12.1. The number of fused-ring (bicyclic) bond motifs is 20. The Labute approximate surface area is 559 Å². The van der Waals surface area contributed by atoms with Crippen LogP contribution in [0.25, 0.3) is 134 Å². The standard InChI is InChI=1S/C80H82N8O8/c1-5-9-13-17-45-93-61-41-25-37-57(89)69(61)49-29-21-33-53-65(49)77-81-73(53)86-78-67-51(71-59(91)39-27-43-63(71)95-47-19-15-11-7-3)31-23-35-55(67)75(83-78)88-80-68-52(72-60(92)40-28-44-64(72)96-48-20-16-12-8-4)32-24-36-56(68)76(84-80)87-79-66-50(30-22-34-54(66)74(82-79)85-77)70-58(90)38-26-42-62(70)94-46-18-14-10-6-2/h21-44,89-92H,5-20,45-48H2,1-4H3,(H2,81,82,83,84,85,86,87,88). The second kappa shape index (κ2) is 29.4. The van der Waals surface area contributed by atoms with Crippen LogP contribution >= 0.6 is 0 Å². The van der Waals surface area contributed by atoms with Crippen LogP contribution in [0, 0.1) is 0 Å². The Balaban J connectivity index is 1.14. The predicted octanol–water partition coefficient (Wildman–Crippen LogP) is 20.2. The molecule has 6 N–H and O–H groups in total. The Morgan fingerprint density at radius 1 is 0.271 bits per heavy atom. The van der Waals surface area contributed by atoms with Crippen LogP contribution < -0.4 is 18.9 Å². The molecule has 5 heterocycles. The maximum atomic E-state index is 12.1. The molecule has 8 aromatic carbocycles. The largest absolute Gasteiger partial charge is 0.507 e. The first-order valence-corrected chi connectivity index (χ1v) is 34.3. The maximum Gasteiger partial charge on any atom is 0.165 e. The van der Waals surface area contributed by atoms with Gasteiger partial charge in [-0.2, -0.15) is 0 Å². The van der Waals surface area contributed by atoms with Crippen molar-refractivity contribution in [3.8, 4) is 136 Å². The first-order chi connectivity index (χ1) is 47.2. The molecule has 0 fully saturated rings. The van der Waals surface area contributed by atoms with Gasteiger partial charge in [0.2, 0.25) is 0 Å². The molecule has 0 aliphatic carbocycles. The van der Waals surface area contributed by atoms with Crippen molar-refractivity contribution >= 4 is 44.1 Å². The van der Waals surface area contributed by atoms with Gasteiger partial charge in [0.25, 0.3) is 0 Å². The summed E-state index contributed by atoms with van der Waals surface area (Å²) in [6.07, 6.45) is 16.1. The summed E-state index contributed by atoms with van der Waals surface area (Å²) in [5.74, 6) is 3.25. The van der Waals surface area contributed by atoms with Crippen molar-refractivity contribution in [3.63, 3.8) is 0 Å². The SMILES string of the molecule is CCCCCCOc1cccc(O)c1-c1cccc2c1-c1nc-2nc2[nH]c(nc3nc(nc4[nH]c(n1)c1cccc(-c5c(O)cccc5OCCCCCC)c41)-c1cccc(-c4c(O)cccc4OCCCCCC)c1-3)c1cccc(-c3c(O)cccc3OCCCCCC)c21. The highest BCUT2D eigenvalue weighted by atomic mass is 16.5. The number of ether oxygens (including phenoxy) is 4. The van der Waals surface area contributed by atoms with Gasteiger partial charge in [0.15, 0.2) is 23.3 Å². The van der Waals surface area contributed by atoms with Gasteiger partial charge < -0.3 is 49.3 Å². The van der Waals surface area contributed by atoms with Crippen LogP contribution in [-0.2, 0) is 0 Å². The van der Waals surface area contributed by atoms with Gasteiger partial charge in [-0.3, -0.25) is 0 Å². The lowest BCUT2D eigenvalue weighted by molar-refractivity contribution is 0.304.